The minimum absolute atomic E-state index is 0.0735. The molecule has 94 valence electrons. The summed E-state index contributed by atoms with van der Waals surface area (Å²) < 4.78 is 5.15. The van der Waals surface area contributed by atoms with Crippen LogP contribution in [0.25, 0.3) is 0 Å². The van der Waals surface area contributed by atoms with Gasteiger partial charge in [0.15, 0.2) is 0 Å². The fourth-order valence-corrected chi connectivity index (χ4v) is 2.07. The van der Waals surface area contributed by atoms with Gasteiger partial charge < -0.3 is 15.4 Å². The summed E-state index contributed by atoms with van der Waals surface area (Å²) in [5.74, 6) is 1.27. The Labute approximate surface area is 102 Å². The van der Waals surface area contributed by atoms with Crippen molar-refractivity contribution < 1.29 is 4.74 Å². The number of methoxy groups -OCH3 is 1. The molecule has 17 heavy (non-hydrogen) atoms. The summed E-state index contributed by atoms with van der Waals surface area (Å²) in [5.41, 5.74) is 0.987. The minimum atomic E-state index is 0.0735. The predicted octanol–water partition coefficient (Wildman–Crippen LogP) is 1.35. The average Bonchev–Trinajstić information content (AvgIpc) is 2.28. The van der Waals surface area contributed by atoms with E-state index in [4.69, 9.17) is 4.74 Å². The molecule has 1 aliphatic heterocycles. The number of aryl methyl sites for hydroxylation is 1. The number of anilines is 1. The lowest BCUT2D eigenvalue weighted by Gasteiger charge is -2.35. The van der Waals surface area contributed by atoms with Gasteiger partial charge in [0.25, 0.3) is 0 Å². The molecule has 0 aliphatic carbocycles. The van der Waals surface area contributed by atoms with Crippen LogP contribution in [0.3, 0.4) is 0 Å². The van der Waals surface area contributed by atoms with Crippen LogP contribution in [0, 0.1) is 6.92 Å². The maximum Gasteiger partial charge on any atom is 0.226 e. The van der Waals surface area contributed by atoms with Crippen molar-refractivity contribution in [2.75, 3.05) is 25.5 Å². The van der Waals surface area contributed by atoms with Crippen LogP contribution in [-0.2, 0) is 0 Å². The van der Waals surface area contributed by atoms with E-state index in [-0.39, 0.29) is 5.54 Å². The van der Waals surface area contributed by atoms with E-state index < -0.39 is 0 Å². The molecule has 0 radical (unpaired) electrons. The van der Waals surface area contributed by atoms with Crippen molar-refractivity contribution in [1.29, 1.82) is 0 Å². The number of ether oxygens (including phenoxy) is 1. The molecule has 5 heteroatoms. The highest BCUT2D eigenvalue weighted by Crippen LogP contribution is 2.23. The van der Waals surface area contributed by atoms with Gasteiger partial charge in [-0.25, -0.2) is 4.98 Å². The summed E-state index contributed by atoms with van der Waals surface area (Å²) >= 11 is 0. The highest BCUT2D eigenvalue weighted by Gasteiger charge is 2.27. The van der Waals surface area contributed by atoms with Crippen molar-refractivity contribution in [1.82, 2.24) is 15.3 Å². The first-order valence-corrected chi connectivity index (χ1v) is 6.00. The summed E-state index contributed by atoms with van der Waals surface area (Å²) in [7, 11) is 1.62. The second kappa shape index (κ2) is 4.87. The number of piperidine rings is 1. The molecule has 1 saturated heterocycles. The highest BCUT2D eigenvalue weighted by molar-refractivity contribution is 5.33. The number of aromatic nitrogens is 2. The first-order valence-electron chi connectivity index (χ1n) is 6.00. The van der Waals surface area contributed by atoms with Gasteiger partial charge in [0.1, 0.15) is 0 Å². The molecule has 0 amide bonds. The lowest BCUT2D eigenvalue weighted by Crippen LogP contribution is -2.45. The van der Waals surface area contributed by atoms with E-state index in [2.05, 4.69) is 27.5 Å². The number of nitrogens with one attached hydrogen (secondary N) is 2. The average molecular weight is 236 g/mol. The number of rotatable bonds is 3. The Morgan fingerprint density at radius 2 is 2.06 bits per heavy atom. The normalized spacial score (nSPS) is 18.8. The Kier molecular flexibility index (Phi) is 3.47. The molecule has 0 bridgehead atoms. The monoisotopic (exact) mass is 236 g/mol. The first-order chi connectivity index (χ1) is 8.11. The largest absolute Gasteiger partial charge is 0.481 e. The number of hydrogen-bond acceptors (Lipinski definition) is 5. The molecule has 5 nitrogen and oxygen atoms in total. The standard InChI is InChI=1S/C12H20N4O/c1-9-8-10(17-3)15-11(14-9)16-12(2)4-6-13-7-5-12/h8,13H,4-7H2,1-3H3,(H,14,15,16). The van der Waals surface area contributed by atoms with Gasteiger partial charge in [-0.15, -0.1) is 0 Å². The van der Waals surface area contributed by atoms with Crippen molar-refractivity contribution in [2.45, 2.75) is 32.2 Å². The van der Waals surface area contributed by atoms with Gasteiger partial charge in [0.2, 0.25) is 11.8 Å². The van der Waals surface area contributed by atoms with E-state index in [1.165, 1.54) is 0 Å². The minimum Gasteiger partial charge on any atom is -0.481 e. The summed E-state index contributed by atoms with van der Waals surface area (Å²) in [6.07, 6.45) is 2.15. The quantitative estimate of drug-likeness (QED) is 0.829. The molecule has 2 rings (SSSR count). The van der Waals surface area contributed by atoms with E-state index >= 15 is 0 Å². The second-order valence-corrected chi connectivity index (χ2v) is 4.81. The van der Waals surface area contributed by atoms with Crippen LogP contribution in [-0.4, -0.2) is 35.7 Å². The van der Waals surface area contributed by atoms with E-state index in [1.807, 2.05) is 13.0 Å². The molecule has 0 saturated carbocycles. The molecule has 0 aromatic carbocycles. The third-order valence-corrected chi connectivity index (χ3v) is 3.16. The third kappa shape index (κ3) is 3.06. The molecule has 1 fully saturated rings. The van der Waals surface area contributed by atoms with E-state index in [9.17, 15) is 0 Å². The van der Waals surface area contributed by atoms with E-state index in [0.717, 1.165) is 31.6 Å². The van der Waals surface area contributed by atoms with Crippen molar-refractivity contribution in [3.05, 3.63) is 11.8 Å². The molecule has 1 aromatic heterocycles. The Morgan fingerprint density at radius 3 is 2.71 bits per heavy atom. The van der Waals surface area contributed by atoms with Gasteiger partial charge >= 0.3 is 0 Å². The number of nitrogens with zero attached hydrogens (tertiary/aromatic N) is 2. The zero-order valence-corrected chi connectivity index (χ0v) is 10.7. The van der Waals surface area contributed by atoms with Crippen molar-refractivity contribution >= 4 is 5.95 Å². The molecule has 1 aromatic rings. The molecule has 0 unspecified atom stereocenters. The number of hydrogen-bond donors (Lipinski definition) is 2. The third-order valence-electron chi connectivity index (χ3n) is 3.16. The Balaban J connectivity index is 2.14. The SMILES string of the molecule is COc1cc(C)nc(NC2(C)CCNCC2)n1. The Bertz CT molecular complexity index is 388. The molecule has 1 aliphatic rings. The first kappa shape index (κ1) is 12.1. The van der Waals surface area contributed by atoms with Gasteiger partial charge in [-0.2, -0.15) is 4.98 Å². The predicted molar refractivity (Wildman–Crippen MR) is 67.5 cm³/mol. The van der Waals surface area contributed by atoms with Crippen LogP contribution in [0.5, 0.6) is 5.88 Å². The van der Waals surface area contributed by atoms with Crippen LogP contribution >= 0.6 is 0 Å². The van der Waals surface area contributed by atoms with Crippen molar-refractivity contribution in [2.24, 2.45) is 0 Å². The fraction of sp³-hybridized carbons (Fsp3) is 0.667. The van der Waals surface area contributed by atoms with Gasteiger partial charge in [0, 0.05) is 17.3 Å². The summed E-state index contributed by atoms with van der Waals surface area (Å²) in [5, 5.41) is 6.78. The lowest BCUT2D eigenvalue weighted by molar-refractivity contribution is 0.361. The second-order valence-electron chi connectivity index (χ2n) is 4.81. The molecule has 2 N–H and O–H groups in total. The Morgan fingerprint density at radius 1 is 1.35 bits per heavy atom. The van der Waals surface area contributed by atoms with Crippen LogP contribution < -0.4 is 15.4 Å². The van der Waals surface area contributed by atoms with Crippen LogP contribution in [0.4, 0.5) is 5.95 Å². The summed E-state index contributed by atoms with van der Waals surface area (Å²) in [4.78, 5) is 8.72. The summed E-state index contributed by atoms with van der Waals surface area (Å²) in [6, 6.07) is 1.83. The summed E-state index contributed by atoms with van der Waals surface area (Å²) in [6.45, 7) is 6.23. The fourth-order valence-electron chi connectivity index (χ4n) is 2.07. The maximum absolute atomic E-state index is 5.15. The molecular formula is C12H20N4O. The molecular weight excluding hydrogens is 216 g/mol. The molecule has 0 atom stereocenters. The van der Waals surface area contributed by atoms with Crippen molar-refractivity contribution in [3.63, 3.8) is 0 Å². The molecule has 2 heterocycles. The Hall–Kier alpha value is -1.36. The van der Waals surface area contributed by atoms with Gasteiger partial charge in [0.05, 0.1) is 7.11 Å². The zero-order valence-electron chi connectivity index (χ0n) is 10.7. The van der Waals surface area contributed by atoms with E-state index in [1.54, 1.807) is 7.11 Å². The highest BCUT2D eigenvalue weighted by atomic mass is 16.5. The van der Waals surface area contributed by atoms with Gasteiger partial charge in [-0.1, -0.05) is 0 Å². The van der Waals surface area contributed by atoms with Gasteiger partial charge in [-0.3, -0.25) is 0 Å². The topological polar surface area (TPSA) is 59.1 Å². The lowest BCUT2D eigenvalue weighted by atomic mass is 9.91. The van der Waals surface area contributed by atoms with Crippen LogP contribution in [0.15, 0.2) is 6.07 Å². The van der Waals surface area contributed by atoms with E-state index in [0.29, 0.717) is 11.8 Å². The van der Waals surface area contributed by atoms with Crippen LogP contribution in [0.2, 0.25) is 0 Å². The van der Waals surface area contributed by atoms with Crippen LogP contribution in [0.1, 0.15) is 25.5 Å². The zero-order chi connectivity index (χ0) is 12.3. The smallest absolute Gasteiger partial charge is 0.226 e. The maximum atomic E-state index is 5.15. The van der Waals surface area contributed by atoms with Crippen molar-refractivity contribution in [3.8, 4) is 5.88 Å². The van der Waals surface area contributed by atoms with Gasteiger partial charge in [-0.05, 0) is 39.8 Å². The molecule has 0 spiro atoms.